The van der Waals surface area contributed by atoms with Gasteiger partial charge in [-0.15, -0.1) is 0 Å². The summed E-state index contributed by atoms with van der Waals surface area (Å²) >= 11 is 10.9. The van der Waals surface area contributed by atoms with E-state index >= 15 is 0 Å². The van der Waals surface area contributed by atoms with E-state index in [0.29, 0.717) is 5.56 Å². The topological polar surface area (TPSA) is 106 Å². The number of likely N-dealkylation sites (N-methyl/N-ethyl adjacent to an activating group) is 1. The van der Waals surface area contributed by atoms with Gasteiger partial charge in [0.05, 0.1) is 9.95 Å². The highest BCUT2D eigenvalue weighted by molar-refractivity contribution is 7.80. The summed E-state index contributed by atoms with van der Waals surface area (Å²) in [5.74, 6) is -0.727. The van der Waals surface area contributed by atoms with Crippen LogP contribution >= 0.6 is 23.8 Å². The minimum absolute atomic E-state index is 0.0145. The molecule has 0 spiro atoms. The van der Waals surface area contributed by atoms with Crippen LogP contribution in [0.5, 0.6) is 0 Å². The number of nitro benzene ring substituents is 1. The highest BCUT2D eigenvalue weighted by atomic mass is 35.5. The van der Waals surface area contributed by atoms with Crippen molar-refractivity contribution in [3.05, 3.63) is 56.8 Å². The third kappa shape index (κ3) is 3.22. The van der Waals surface area contributed by atoms with E-state index in [1.54, 1.807) is 0 Å². The van der Waals surface area contributed by atoms with Crippen LogP contribution < -0.4 is 5.32 Å². The van der Waals surface area contributed by atoms with E-state index in [4.69, 9.17) is 28.2 Å². The number of hydrogen-bond acceptors (Lipinski definition) is 6. The number of thiocarbonyl (C=S) groups is 1. The molecule has 1 aliphatic rings. The largest absolute Gasteiger partial charge is 0.457 e. The number of nitrogens with zero attached hydrogens (tertiary/aromatic N) is 2. The maximum Gasteiger partial charge on any atom is 0.270 e. The molecule has 8 nitrogen and oxygen atoms in total. The van der Waals surface area contributed by atoms with Gasteiger partial charge in [-0.2, -0.15) is 0 Å². The van der Waals surface area contributed by atoms with E-state index in [1.165, 1.54) is 43.5 Å². The molecule has 1 fully saturated rings. The zero-order valence-corrected chi connectivity index (χ0v) is 14.8. The van der Waals surface area contributed by atoms with Gasteiger partial charge < -0.3 is 4.42 Å². The molecular weight excluding hydrogens is 382 g/mol. The monoisotopic (exact) mass is 391 g/mol. The molecule has 0 aliphatic carbocycles. The molecule has 26 heavy (non-hydrogen) atoms. The third-order valence-corrected chi connectivity index (χ3v) is 4.35. The standard InChI is InChI=1S/C16H10ClN3O5S/c1-19-15(22)11(14(21)18-16(19)26)7-9-3-5-13(25-9)10-6-8(20(23)24)2-4-12(10)17/h2-7H,1H3,(H,18,21,26)/b11-7+. The van der Waals surface area contributed by atoms with Crippen LogP contribution in [0.2, 0.25) is 5.02 Å². The van der Waals surface area contributed by atoms with Crippen LogP contribution in [0.15, 0.2) is 40.3 Å². The van der Waals surface area contributed by atoms with Crippen molar-refractivity contribution in [1.82, 2.24) is 10.2 Å². The van der Waals surface area contributed by atoms with Crippen LogP contribution in [-0.2, 0) is 9.59 Å². The van der Waals surface area contributed by atoms with Gasteiger partial charge in [-0.25, -0.2) is 0 Å². The van der Waals surface area contributed by atoms with Crippen LogP contribution in [0.25, 0.3) is 17.4 Å². The third-order valence-electron chi connectivity index (χ3n) is 3.64. The summed E-state index contributed by atoms with van der Waals surface area (Å²) < 4.78 is 5.58. The number of halogens is 1. The first-order valence-corrected chi connectivity index (χ1v) is 7.96. The molecule has 0 atom stereocenters. The fourth-order valence-electron chi connectivity index (χ4n) is 2.28. The Hall–Kier alpha value is -3.04. The molecule has 132 valence electrons. The van der Waals surface area contributed by atoms with Crippen molar-refractivity contribution in [2.75, 3.05) is 7.05 Å². The van der Waals surface area contributed by atoms with Crippen LogP contribution in [0.1, 0.15) is 5.76 Å². The molecule has 0 saturated carbocycles. The summed E-state index contributed by atoms with van der Waals surface area (Å²) in [5.41, 5.74) is 0.0352. The zero-order valence-electron chi connectivity index (χ0n) is 13.2. The van der Waals surface area contributed by atoms with E-state index in [0.717, 1.165) is 4.90 Å². The lowest BCUT2D eigenvalue weighted by Crippen LogP contribution is -2.52. The average Bonchev–Trinajstić information content (AvgIpc) is 3.05. The van der Waals surface area contributed by atoms with Crippen molar-refractivity contribution < 1.29 is 18.9 Å². The summed E-state index contributed by atoms with van der Waals surface area (Å²) in [6.45, 7) is 0. The van der Waals surface area contributed by atoms with Crippen molar-refractivity contribution in [1.29, 1.82) is 0 Å². The summed E-state index contributed by atoms with van der Waals surface area (Å²) in [7, 11) is 1.44. The minimum atomic E-state index is -0.635. The summed E-state index contributed by atoms with van der Waals surface area (Å²) in [6, 6.07) is 7.01. The van der Waals surface area contributed by atoms with Crippen molar-refractivity contribution in [3.8, 4) is 11.3 Å². The molecule has 1 aromatic carbocycles. The molecule has 3 rings (SSSR count). The Balaban J connectivity index is 1.97. The van der Waals surface area contributed by atoms with E-state index in [-0.39, 0.29) is 32.9 Å². The lowest BCUT2D eigenvalue weighted by Gasteiger charge is -2.24. The second-order valence-electron chi connectivity index (χ2n) is 5.30. The normalized spacial score (nSPS) is 16.2. The Morgan fingerprint density at radius 3 is 2.73 bits per heavy atom. The number of non-ortho nitro benzene ring substituents is 1. The summed E-state index contributed by atoms with van der Waals surface area (Å²) in [6.07, 6.45) is 1.27. The van der Waals surface area contributed by atoms with Gasteiger partial charge in [-0.3, -0.25) is 29.9 Å². The summed E-state index contributed by atoms with van der Waals surface area (Å²) in [4.78, 5) is 35.6. The molecule has 10 heteroatoms. The van der Waals surface area contributed by atoms with E-state index in [1.807, 2.05) is 0 Å². The first-order chi connectivity index (χ1) is 12.3. The van der Waals surface area contributed by atoms with Gasteiger partial charge in [0.2, 0.25) is 0 Å². The molecule has 2 amide bonds. The number of hydrogen-bond donors (Lipinski definition) is 1. The number of benzene rings is 1. The second-order valence-corrected chi connectivity index (χ2v) is 6.10. The molecule has 0 radical (unpaired) electrons. The van der Waals surface area contributed by atoms with Crippen molar-refractivity contribution in [2.24, 2.45) is 0 Å². The number of furan rings is 1. The number of nitrogens with one attached hydrogen (secondary N) is 1. The Labute approximate surface area is 157 Å². The maximum absolute atomic E-state index is 12.2. The minimum Gasteiger partial charge on any atom is -0.457 e. The number of carbonyl (C=O) groups is 2. The molecule has 0 unspecified atom stereocenters. The van der Waals surface area contributed by atoms with Gasteiger partial charge >= 0.3 is 0 Å². The Bertz CT molecular complexity index is 998. The van der Waals surface area contributed by atoms with Crippen LogP contribution in [-0.4, -0.2) is 33.8 Å². The van der Waals surface area contributed by atoms with E-state index < -0.39 is 16.7 Å². The average molecular weight is 392 g/mol. The number of nitro groups is 1. The van der Waals surface area contributed by atoms with Gasteiger partial charge in [0.25, 0.3) is 17.5 Å². The van der Waals surface area contributed by atoms with Crippen LogP contribution in [0.4, 0.5) is 5.69 Å². The fourth-order valence-corrected chi connectivity index (χ4v) is 2.66. The lowest BCUT2D eigenvalue weighted by atomic mass is 10.1. The van der Waals surface area contributed by atoms with Crippen molar-refractivity contribution in [3.63, 3.8) is 0 Å². The highest BCUT2D eigenvalue weighted by Gasteiger charge is 2.31. The molecule has 1 aromatic heterocycles. The van der Waals surface area contributed by atoms with Crippen LogP contribution in [0, 0.1) is 10.1 Å². The van der Waals surface area contributed by atoms with Crippen LogP contribution in [0.3, 0.4) is 0 Å². The van der Waals surface area contributed by atoms with Gasteiger partial charge in [0, 0.05) is 24.7 Å². The molecule has 0 bridgehead atoms. The van der Waals surface area contributed by atoms with Crippen molar-refractivity contribution in [2.45, 2.75) is 0 Å². The van der Waals surface area contributed by atoms with E-state index in [2.05, 4.69) is 5.32 Å². The molecule has 1 saturated heterocycles. The number of rotatable bonds is 3. The molecule has 2 heterocycles. The Morgan fingerprint density at radius 2 is 2.04 bits per heavy atom. The van der Waals surface area contributed by atoms with Gasteiger partial charge in [-0.05, 0) is 36.5 Å². The molecule has 1 N–H and O–H groups in total. The zero-order chi connectivity index (χ0) is 19.0. The van der Waals surface area contributed by atoms with Crippen molar-refractivity contribution >= 4 is 52.5 Å². The smallest absolute Gasteiger partial charge is 0.270 e. The van der Waals surface area contributed by atoms with Gasteiger partial charge in [-0.1, -0.05) is 11.6 Å². The summed E-state index contributed by atoms with van der Waals surface area (Å²) in [5, 5.41) is 13.6. The SMILES string of the molecule is CN1C(=O)/C(=C/c2ccc(-c3cc([N+](=O)[O-])ccc3Cl)o2)C(=O)NC1=S. The van der Waals surface area contributed by atoms with E-state index in [9.17, 15) is 19.7 Å². The fraction of sp³-hybridized carbons (Fsp3) is 0.0625. The predicted molar refractivity (Wildman–Crippen MR) is 97.3 cm³/mol. The van der Waals surface area contributed by atoms with Gasteiger partial charge in [0.15, 0.2) is 5.11 Å². The van der Waals surface area contributed by atoms with Gasteiger partial charge in [0.1, 0.15) is 17.1 Å². The first-order valence-electron chi connectivity index (χ1n) is 7.17. The predicted octanol–water partition coefficient (Wildman–Crippen LogP) is 2.76. The first kappa shape index (κ1) is 17.8. The second kappa shape index (κ2) is 6.70. The lowest BCUT2D eigenvalue weighted by molar-refractivity contribution is -0.384. The molecule has 2 aromatic rings. The molecular formula is C16H10ClN3O5S. The number of amides is 2. The Kier molecular flexibility index (Phi) is 4.58. The Morgan fingerprint density at radius 1 is 1.31 bits per heavy atom. The quantitative estimate of drug-likeness (QED) is 0.283. The number of carbonyl (C=O) groups excluding carboxylic acids is 2. The highest BCUT2D eigenvalue weighted by Crippen LogP contribution is 2.33. The molecule has 1 aliphatic heterocycles. The maximum atomic E-state index is 12.2.